The third kappa shape index (κ3) is 2.44. The first-order valence-corrected chi connectivity index (χ1v) is 6.53. The molecule has 0 spiro atoms. The van der Waals surface area contributed by atoms with Crippen LogP contribution in [0.4, 0.5) is 4.39 Å². The summed E-state index contributed by atoms with van der Waals surface area (Å²) >= 11 is 0. The number of aromatic nitrogens is 2. The van der Waals surface area contributed by atoms with Crippen LogP contribution in [0.1, 0.15) is 23.9 Å². The van der Waals surface area contributed by atoms with Gasteiger partial charge in [0.1, 0.15) is 5.82 Å². The van der Waals surface area contributed by atoms with Crippen LogP contribution in [-0.4, -0.2) is 29.9 Å². The lowest BCUT2D eigenvalue weighted by atomic mass is 10.1. The first kappa shape index (κ1) is 13.2. The monoisotopic (exact) mass is 277 g/mol. The topological polar surface area (TPSA) is 60.2 Å². The van der Waals surface area contributed by atoms with Crippen LogP contribution in [0.3, 0.4) is 0 Å². The highest BCUT2D eigenvalue weighted by Gasteiger charge is 2.29. The Balaban J connectivity index is 1.85. The van der Waals surface area contributed by atoms with Crippen LogP contribution in [0, 0.1) is 12.7 Å². The van der Waals surface area contributed by atoms with E-state index in [0.29, 0.717) is 17.3 Å². The Morgan fingerprint density at radius 1 is 1.45 bits per heavy atom. The van der Waals surface area contributed by atoms with Crippen molar-refractivity contribution in [2.75, 3.05) is 13.7 Å². The van der Waals surface area contributed by atoms with Gasteiger partial charge in [-0.15, -0.1) is 0 Å². The number of nitrogens with zero attached hydrogens (tertiary/aromatic N) is 2. The average molecular weight is 277 g/mol. The normalized spacial score (nSPS) is 22.4. The molecule has 6 heteroatoms. The Morgan fingerprint density at radius 3 is 3.05 bits per heavy atom. The van der Waals surface area contributed by atoms with E-state index >= 15 is 0 Å². The van der Waals surface area contributed by atoms with Gasteiger partial charge in [0.05, 0.1) is 12.1 Å². The summed E-state index contributed by atoms with van der Waals surface area (Å²) in [5.74, 6) is 0.623. The number of aryl methyl sites for hydroxylation is 1. The third-order valence-corrected chi connectivity index (χ3v) is 3.60. The van der Waals surface area contributed by atoms with Crippen LogP contribution in [0.5, 0.6) is 0 Å². The minimum atomic E-state index is -0.310. The van der Waals surface area contributed by atoms with Crippen LogP contribution in [0.25, 0.3) is 11.4 Å². The summed E-state index contributed by atoms with van der Waals surface area (Å²) in [7, 11) is 1.68. The van der Waals surface area contributed by atoms with Crippen LogP contribution >= 0.6 is 0 Å². The summed E-state index contributed by atoms with van der Waals surface area (Å²) in [6.45, 7) is 2.65. The SMILES string of the molecule is COC1CNC(c2nc(-c3cc(F)ccc3C)no2)C1. The number of halogens is 1. The van der Waals surface area contributed by atoms with Crippen molar-refractivity contribution in [1.29, 1.82) is 0 Å². The lowest BCUT2D eigenvalue weighted by molar-refractivity contribution is 0.116. The Hall–Kier alpha value is -1.79. The minimum absolute atomic E-state index is 0.00457. The summed E-state index contributed by atoms with van der Waals surface area (Å²) in [5.41, 5.74) is 1.56. The molecule has 1 aliphatic heterocycles. The molecule has 106 valence electrons. The summed E-state index contributed by atoms with van der Waals surface area (Å²) in [6.07, 6.45) is 0.951. The quantitative estimate of drug-likeness (QED) is 0.932. The number of methoxy groups -OCH3 is 1. The molecule has 2 heterocycles. The maximum absolute atomic E-state index is 13.3. The van der Waals surface area contributed by atoms with E-state index in [9.17, 15) is 4.39 Å². The first-order chi connectivity index (χ1) is 9.67. The molecule has 1 aromatic heterocycles. The smallest absolute Gasteiger partial charge is 0.244 e. The molecule has 5 nitrogen and oxygen atoms in total. The van der Waals surface area contributed by atoms with Crippen molar-refractivity contribution in [1.82, 2.24) is 15.5 Å². The van der Waals surface area contributed by atoms with Gasteiger partial charge in [0, 0.05) is 19.2 Å². The molecule has 1 aliphatic rings. The number of rotatable bonds is 3. The van der Waals surface area contributed by atoms with Gasteiger partial charge in [-0.25, -0.2) is 4.39 Å². The average Bonchev–Trinajstić information content (AvgIpc) is 3.09. The van der Waals surface area contributed by atoms with Crippen molar-refractivity contribution in [2.24, 2.45) is 0 Å². The van der Waals surface area contributed by atoms with Crippen molar-refractivity contribution < 1.29 is 13.7 Å². The molecule has 2 aromatic rings. The van der Waals surface area contributed by atoms with E-state index in [-0.39, 0.29) is 18.0 Å². The fourth-order valence-corrected chi connectivity index (χ4v) is 2.39. The molecule has 2 atom stereocenters. The van der Waals surface area contributed by atoms with Gasteiger partial charge in [0.15, 0.2) is 0 Å². The largest absolute Gasteiger partial charge is 0.380 e. The highest BCUT2D eigenvalue weighted by Crippen LogP contribution is 2.27. The summed E-state index contributed by atoms with van der Waals surface area (Å²) in [6, 6.07) is 4.54. The Labute approximate surface area is 116 Å². The maximum atomic E-state index is 13.3. The van der Waals surface area contributed by atoms with Crippen LogP contribution in [0.2, 0.25) is 0 Å². The standard InChI is InChI=1S/C14H16FN3O2/c1-8-3-4-9(15)5-11(8)13-17-14(20-18-13)12-6-10(19-2)7-16-12/h3-5,10,12,16H,6-7H2,1-2H3. The highest BCUT2D eigenvalue weighted by molar-refractivity contribution is 5.59. The van der Waals surface area contributed by atoms with Crippen LogP contribution in [0.15, 0.2) is 22.7 Å². The summed E-state index contributed by atoms with van der Waals surface area (Å²) in [5, 5.41) is 7.22. The molecule has 0 radical (unpaired) electrons. The highest BCUT2D eigenvalue weighted by atomic mass is 19.1. The van der Waals surface area contributed by atoms with E-state index in [1.807, 2.05) is 6.92 Å². The van der Waals surface area contributed by atoms with Crippen LogP contribution in [-0.2, 0) is 4.74 Å². The van der Waals surface area contributed by atoms with E-state index in [2.05, 4.69) is 15.5 Å². The van der Waals surface area contributed by atoms with Crippen molar-refractivity contribution in [2.45, 2.75) is 25.5 Å². The van der Waals surface area contributed by atoms with Crippen molar-refractivity contribution in [3.63, 3.8) is 0 Å². The zero-order valence-corrected chi connectivity index (χ0v) is 11.4. The number of hydrogen-bond acceptors (Lipinski definition) is 5. The fraction of sp³-hybridized carbons (Fsp3) is 0.429. The Kier molecular flexibility index (Phi) is 3.50. The first-order valence-electron chi connectivity index (χ1n) is 6.53. The van der Waals surface area contributed by atoms with Gasteiger partial charge in [0.2, 0.25) is 11.7 Å². The van der Waals surface area contributed by atoms with Crippen molar-refractivity contribution in [3.05, 3.63) is 35.5 Å². The van der Waals surface area contributed by atoms with Gasteiger partial charge >= 0.3 is 0 Å². The van der Waals surface area contributed by atoms with E-state index in [1.165, 1.54) is 12.1 Å². The second kappa shape index (κ2) is 5.30. The molecule has 0 saturated carbocycles. The van der Waals surface area contributed by atoms with Crippen molar-refractivity contribution >= 4 is 0 Å². The molecule has 1 saturated heterocycles. The third-order valence-electron chi connectivity index (χ3n) is 3.60. The number of ether oxygens (including phenoxy) is 1. The number of nitrogens with one attached hydrogen (secondary N) is 1. The lowest BCUT2D eigenvalue weighted by Gasteiger charge is -2.04. The molecule has 1 aromatic carbocycles. The minimum Gasteiger partial charge on any atom is -0.380 e. The van der Waals surface area contributed by atoms with E-state index in [0.717, 1.165) is 18.5 Å². The van der Waals surface area contributed by atoms with Gasteiger partial charge in [-0.3, -0.25) is 0 Å². The second-order valence-corrected chi connectivity index (χ2v) is 4.97. The molecule has 0 aliphatic carbocycles. The molecule has 1 fully saturated rings. The zero-order chi connectivity index (χ0) is 14.1. The maximum Gasteiger partial charge on any atom is 0.244 e. The number of benzene rings is 1. The predicted molar refractivity (Wildman–Crippen MR) is 70.6 cm³/mol. The molecule has 0 amide bonds. The molecule has 20 heavy (non-hydrogen) atoms. The van der Waals surface area contributed by atoms with Gasteiger partial charge < -0.3 is 14.6 Å². The van der Waals surface area contributed by atoms with E-state index in [1.54, 1.807) is 13.2 Å². The molecule has 0 bridgehead atoms. The summed E-state index contributed by atoms with van der Waals surface area (Å²) < 4.78 is 23.9. The van der Waals surface area contributed by atoms with Gasteiger partial charge in [0.25, 0.3) is 0 Å². The fourth-order valence-electron chi connectivity index (χ4n) is 2.39. The van der Waals surface area contributed by atoms with E-state index in [4.69, 9.17) is 9.26 Å². The molecule has 3 rings (SSSR count). The molecule has 1 N–H and O–H groups in total. The van der Waals surface area contributed by atoms with Crippen LogP contribution < -0.4 is 5.32 Å². The van der Waals surface area contributed by atoms with Gasteiger partial charge in [-0.2, -0.15) is 4.98 Å². The van der Waals surface area contributed by atoms with Gasteiger partial charge in [-0.1, -0.05) is 11.2 Å². The summed E-state index contributed by atoms with van der Waals surface area (Å²) in [4.78, 5) is 4.37. The van der Waals surface area contributed by atoms with Gasteiger partial charge in [-0.05, 0) is 31.0 Å². The lowest BCUT2D eigenvalue weighted by Crippen LogP contribution is -2.16. The molecular weight excluding hydrogens is 261 g/mol. The number of hydrogen-bond donors (Lipinski definition) is 1. The van der Waals surface area contributed by atoms with Crippen molar-refractivity contribution in [3.8, 4) is 11.4 Å². The molecular formula is C14H16FN3O2. The zero-order valence-electron chi connectivity index (χ0n) is 11.4. The Morgan fingerprint density at radius 2 is 2.30 bits per heavy atom. The Bertz CT molecular complexity index is 614. The second-order valence-electron chi connectivity index (χ2n) is 4.97. The predicted octanol–water partition coefficient (Wildman–Crippen LogP) is 2.23. The van der Waals surface area contributed by atoms with E-state index < -0.39 is 0 Å². The molecule has 2 unspecified atom stereocenters.